The zero-order valence-electron chi connectivity index (χ0n) is 12.7. The first-order valence-corrected chi connectivity index (χ1v) is 6.98. The summed E-state index contributed by atoms with van der Waals surface area (Å²) in [5.74, 6) is -1.85. The van der Waals surface area contributed by atoms with E-state index in [1.165, 1.54) is 14.2 Å². The van der Waals surface area contributed by atoms with Crippen molar-refractivity contribution in [1.29, 1.82) is 0 Å². The van der Waals surface area contributed by atoms with Crippen LogP contribution in [0.5, 0.6) is 0 Å². The lowest BCUT2D eigenvalue weighted by molar-refractivity contribution is -0.170. The van der Waals surface area contributed by atoms with Gasteiger partial charge >= 0.3 is 11.9 Å². The lowest BCUT2D eigenvalue weighted by Crippen LogP contribution is -2.44. The molecule has 1 aliphatic rings. The first kappa shape index (κ1) is 17.4. The molecule has 0 bridgehead atoms. The molecule has 0 heterocycles. The van der Waals surface area contributed by atoms with E-state index in [0.717, 1.165) is 12.0 Å². The van der Waals surface area contributed by atoms with E-state index in [9.17, 15) is 14.4 Å². The molecule has 1 aliphatic carbocycles. The molecule has 0 amide bonds. The number of hydrogen-bond acceptors (Lipinski definition) is 6. The van der Waals surface area contributed by atoms with Crippen LogP contribution in [0.3, 0.4) is 0 Å². The Morgan fingerprint density at radius 2 is 1.76 bits per heavy atom. The molecular weight excluding hydrogens is 276 g/mol. The van der Waals surface area contributed by atoms with E-state index in [4.69, 9.17) is 14.6 Å². The highest BCUT2D eigenvalue weighted by molar-refractivity contribution is 6.04. The number of rotatable bonds is 6. The normalized spacial score (nSPS) is 17.3. The molecule has 1 rings (SSSR count). The summed E-state index contributed by atoms with van der Waals surface area (Å²) in [7, 11) is 2.40. The molecule has 0 fully saturated rings. The zero-order chi connectivity index (χ0) is 16.0. The Bertz CT molecular complexity index is 447. The molecule has 0 aromatic carbocycles. The molecule has 0 radical (unpaired) electrons. The number of allylic oxidation sites excluding steroid dienone is 1. The molecule has 0 spiro atoms. The number of methoxy groups -OCH3 is 2. The lowest BCUT2D eigenvalue weighted by atomic mass is 9.69. The second kappa shape index (κ2) is 7.36. The Hall–Kier alpha value is -1.69. The third-order valence-electron chi connectivity index (χ3n) is 3.94. The SMILES string of the molecule is CCCC1=C(C(=O)CO)CC(C(=O)OC)(C(=O)OC)CC1. The average molecular weight is 298 g/mol. The highest BCUT2D eigenvalue weighted by Gasteiger charge is 2.51. The van der Waals surface area contributed by atoms with Gasteiger partial charge in [-0.15, -0.1) is 0 Å². The maximum Gasteiger partial charge on any atom is 0.323 e. The van der Waals surface area contributed by atoms with E-state index in [2.05, 4.69) is 0 Å². The van der Waals surface area contributed by atoms with Crippen LogP contribution in [0.4, 0.5) is 0 Å². The van der Waals surface area contributed by atoms with E-state index in [0.29, 0.717) is 18.4 Å². The summed E-state index contributed by atoms with van der Waals surface area (Å²) >= 11 is 0. The van der Waals surface area contributed by atoms with Crippen molar-refractivity contribution in [1.82, 2.24) is 0 Å². The van der Waals surface area contributed by atoms with Crippen molar-refractivity contribution in [3.8, 4) is 0 Å². The number of carbonyl (C=O) groups is 3. The van der Waals surface area contributed by atoms with Crippen LogP contribution in [0.1, 0.15) is 39.0 Å². The summed E-state index contributed by atoms with van der Waals surface area (Å²) in [6.45, 7) is 1.34. The Morgan fingerprint density at radius 3 is 2.19 bits per heavy atom. The van der Waals surface area contributed by atoms with E-state index in [1.54, 1.807) is 0 Å². The molecular formula is C15H22O6. The molecule has 118 valence electrons. The molecule has 21 heavy (non-hydrogen) atoms. The van der Waals surface area contributed by atoms with Crippen LogP contribution in [-0.4, -0.2) is 43.7 Å². The summed E-state index contributed by atoms with van der Waals surface area (Å²) in [4.78, 5) is 36.1. The first-order valence-electron chi connectivity index (χ1n) is 6.98. The molecule has 1 N–H and O–H groups in total. The highest BCUT2D eigenvalue weighted by atomic mass is 16.5. The van der Waals surface area contributed by atoms with Crippen molar-refractivity contribution >= 4 is 17.7 Å². The smallest absolute Gasteiger partial charge is 0.323 e. The molecule has 0 saturated heterocycles. The summed E-state index contributed by atoms with van der Waals surface area (Å²) in [5, 5.41) is 9.12. The molecule has 6 heteroatoms. The molecule has 0 atom stereocenters. The van der Waals surface area contributed by atoms with Gasteiger partial charge in [-0.3, -0.25) is 14.4 Å². The zero-order valence-corrected chi connectivity index (χ0v) is 12.7. The number of esters is 2. The van der Waals surface area contributed by atoms with Gasteiger partial charge in [0, 0.05) is 6.42 Å². The van der Waals surface area contributed by atoms with Crippen molar-refractivity contribution in [2.45, 2.75) is 39.0 Å². The number of aliphatic hydroxyl groups is 1. The van der Waals surface area contributed by atoms with E-state index in [-0.39, 0.29) is 12.8 Å². The summed E-state index contributed by atoms with van der Waals surface area (Å²) in [5.41, 5.74) is -0.220. The van der Waals surface area contributed by atoms with Crippen LogP contribution in [-0.2, 0) is 23.9 Å². The summed E-state index contributed by atoms with van der Waals surface area (Å²) in [6.07, 6.45) is 2.19. The van der Waals surface area contributed by atoms with E-state index < -0.39 is 29.7 Å². The maximum atomic E-state index is 12.1. The second-order valence-corrected chi connectivity index (χ2v) is 5.16. The van der Waals surface area contributed by atoms with Crippen LogP contribution in [0, 0.1) is 5.41 Å². The van der Waals surface area contributed by atoms with Gasteiger partial charge < -0.3 is 14.6 Å². The van der Waals surface area contributed by atoms with Gasteiger partial charge in [0.2, 0.25) is 0 Å². The van der Waals surface area contributed by atoms with Gasteiger partial charge in [0.1, 0.15) is 6.61 Å². The molecule has 0 aliphatic heterocycles. The fourth-order valence-corrected chi connectivity index (χ4v) is 2.82. The quantitative estimate of drug-likeness (QED) is 0.584. The predicted molar refractivity (Wildman–Crippen MR) is 74.3 cm³/mol. The molecule has 0 saturated carbocycles. The van der Waals surface area contributed by atoms with Gasteiger partial charge in [0.15, 0.2) is 11.2 Å². The largest absolute Gasteiger partial charge is 0.468 e. The van der Waals surface area contributed by atoms with E-state index >= 15 is 0 Å². The lowest BCUT2D eigenvalue weighted by Gasteiger charge is -2.34. The third kappa shape index (κ3) is 3.32. The number of aliphatic hydroxyl groups excluding tert-OH is 1. The fourth-order valence-electron chi connectivity index (χ4n) is 2.82. The standard InChI is InChI=1S/C15H22O6/c1-4-5-10-6-7-15(13(18)20-2,14(19)21-3)8-11(10)12(17)9-16/h16H,4-9H2,1-3H3. The van der Waals surface area contributed by atoms with Gasteiger partial charge in [0.25, 0.3) is 0 Å². The Kier molecular flexibility index (Phi) is 6.08. The van der Waals surface area contributed by atoms with Crippen molar-refractivity contribution < 1.29 is 29.0 Å². The average Bonchev–Trinajstić information content (AvgIpc) is 2.53. The van der Waals surface area contributed by atoms with Crippen LogP contribution in [0.2, 0.25) is 0 Å². The highest BCUT2D eigenvalue weighted by Crippen LogP contribution is 2.43. The van der Waals surface area contributed by atoms with Crippen LogP contribution in [0.25, 0.3) is 0 Å². The predicted octanol–water partition coefficient (Wildman–Crippen LogP) is 1.16. The van der Waals surface area contributed by atoms with Crippen LogP contribution < -0.4 is 0 Å². The number of Topliss-reactive ketones (excluding diaryl/α,β-unsaturated/α-hetero) is 1. The minimum absolute atomic E-state index is 0.0684. The minimum atomic E-state index is -1.49. The monoisotopic (exact) mass is 298 g/mol. The third-order valence-corrected chi connectivity index (χ3v) is 3.94. The van der Waals surface area contributed by atoms with Gasteiger partial charge in [0.05, 0.1) is 14.2 Å². The molecule has 6 nitrogen and oxygen atoms in total. The van der Waals surface area contributed by atoms with Crippen LogP contribution in [0.15, 0.2) is 11.1 Å². The van der Waals surface area contributed by atoms with Gasteiger partial charge in [-0.05, 0) is 24.8 Å². The van der Waals surface area contributed by atoms with Crippen molar-refractivity contribution in [2.24, 2.45) is 5.41 Å². The summed E-state index contributed by atoms with van der Waals surface area (Å²) in [6, 6.07) is 0. The molecule has 0 unspecified atom stereocenters. The summed E-state index contributed by atoms with van der Waals surface area (Å²) < 4.78 is 9.47. The number of ketones is 1. The Labute approximate surface area is 124 Å². The van der Waals surface area contributed by atoms with E-state index in [1.807, 2.05) is 6.92 Å². The van der Waals surface area contributed by atoms with Gasteiger partial charge in [-0.2, -0.15) is 0 Å². The van der Waals surface area contributed by atoms with Gasteiger partial charge in [-0.1, -0.05) is 18.9 Å². The van der Waals surface area contributed by atoms with Crippen molar-refractivity contribution in [2.75, 3.05) is 20.8 Å². The maximum absolute atomic E-state index is 12.1. The Morgan fingerprint density at radius 1 is 1.19 bits per heavy atom. The second-order valence-electron chi connectivity index (χ2n) is 5.16. The number of carbonyl (C=O) groups excluding carboxylic acids is 3. The Balaban J connectivity index is 3.27. The number of hydrogen-bond donors (Lipinski definition) is 1. The van der Waals surface area contributed by atoms with Crippen LogP contribution >= 0.6 is 0 Å². The topological polar surface area (TPSA) is 89.9 Å². The fraction of sp³-hybridized carbons (Fsp3) is 0.667. The van der Waals surface area contributed by atoms with Crippen molar-refractivity contribution in [3.63, 3.8) is 0 Å². The number of ether oxygens (including phenoxy) is 2. The first-order chi connectivity index (χ1) is 9.96. The minimum Gasteiger partial charge on any atom is -0.468 e. The molecule has 0 aromatic rings. The van der Waals surface area contributed by atoms with Crippen molar-refractivity contribution in [3.05, 3.63) is 11.1 Å². The molecule has 0 aromatic heterocycles. The van der Waals surface area contributed by atoms with Gasteiger partial charge in [-0.25, -0.2) is 0 Å².